The lowest BCUT2D eigenvalue weighted by Gasteiger charge is -2.21. The highest BCUT2D eigenvalue weighted by Gasteiger charge is 2.14. The number of benzene rings is 1. The van der Waals surface area contributed by atoms with Crippen molar-refractivity contribution in [3.63, 3.8) is 0 Å². The summed E-state index contributed by atoms with van der Waals surface area (Å²) >= 11 is 0. The molecule has 1 atom stereocenters. The molecule has 3 heteroatoms. The Morgan fingerprint density at radius 2 is 2.17 bits per heavy atom. The van der Waals surface area contributed by atoms with Crippen LogP contribution in [0.4, 0.5) is 4.39 Å². The molecule has 0 spiro atoms. The lowest BCUT2D eigenvalue weighted by molar-refractivity contribution is 0.252. The first-order valence-electron chi connectivity index (χ1n) is 6.52. The van der Waals surface area contributed by atoms with Gasteiger partial charge in [-0.15, -0.1) is 0 Å². The number of halogens is 1. The highest BCUT2D eigenvalue weighted by atomic mass is 19.1. The molecule has 1 saturated heterocycles. The zero-order valence-corrected chi connectivity index (χ0v) is 10.9. The minimum absolute atomic E-state index is 0.541. The van der Waals surface area contributed by atoms with Crippen molar-refractivity contribution < 1.29 is 4.39 Å². The third kappa shape index (κ3) is 4.24. The summed E-state index contributed by atoms with van der Waals surface area (Å²) in [5.74, 6) is 0. The molecule has 0 bridgehead atoms. The van der Waals surface area contributed by atoms with Crippen molar-refractivity contribution in [3.8, 4) is 0 Å². The van der Waals surface area contributed by atoms with Gasteiger partial charge in [0.25, 0.3) is 0 Å². The summed E-state index contributed by atoms with van der Waals surface area (Å²) in [5.41, 5.74) is 2.55. The first-order chi connectivity index (χ1) is 8.74. The number of alkyl halides is 1. The van der Waals surface area contributed by atoms with Gasteiger partial charge in [0.05, 0.1) is 0 Å². The van der Waals surface area contributed by atoms with Crippen molar-refractivity contribution in [2.75, 3.05) is 20.1 Å². The van der Waals surface area contributed by atoms with Gasteiger partial charge in [-0.1, -0.05) is 42.0 Å². The van der Waals surface area contributed by atoms with Crippen molar-refractivity contribution in [1.82, 2.24) is 10.2 Å². The Bertz CT molecular complexity index is 389. The van der Waals surface area contributed by atoms with Crippen LogP contribution in [0.2, 0.25) is 0 Å². The molecule has 1 aromatic rings. The Kier molecular flexibility index (Phi) is 4.90. The van der Waals surface area contributed by atoms with E-state index >= 15 is 0 Å². The fourth-order valence-electron chi connectivity index (χ4n) is 2.22. The normalized spacial score (nSPS) is 22.6. The first kappa shape index (κ1) is 13.2. The van der Waals surface area contributed by atoms with Crippen LogP contribution in [0, 0.1) is 0 Å². The number of hydrogen-bond donors (Lipinski definition) is 1. The van der Waals surface area contributed by atoms with E-state index in [0.29, 0.717) is 6.42 Å². The Morgan fingerprint density at radius 3 is 2.89 bits per heavy atom. The summed E-state index contributed by atoms with van der Waals surface area (Å²) < 4.78 is 13.1. The Balaban J connectivity index is 1.80. The number of rotatable bonds is 4. The van der Waals surface area contributed by atoms with Gasteiger partial charge in [-0.25, -0.2) is 4.39 Å². The van der Waals surface area contributed by atoms with E-state index in [1.807, 2.05) is 6.07 Å². The van der Waals surface area contributed by atoms with Crippen LogP contribution in [-0.2, 0) is 6.54 Å². The molecule has 0 saturated carbocycles. The van der Waals surface area contributed by atoms with Gasteiger partial charge in [-0.05, 0) is 19.0 Å². The Morgan fingerprint density at radius 1 is 1.39 bits per heavy atom. The summed E-state index contributed by atoms with van der Waals surface area (Å²) in [6.45, 7) is 2.58. The fraction of sp³-hybridized carbons (Fsp3) is 0.467. The van der Waals surface area contributed by atoms with Crippen molar-refractivity contribution in [2.24, 2.45) is 0 Å². The van der Waals surface area contributed by atoms with E-state index in [0.717, 1.165) is 26.1 Å². The summed E-state index contributed by atoms with van der Waals surface area (Å²) in [6, 6.07) is 10.4. The molecule has 0 amide bonds. The van der Waals surface area contributed by atoms with Gasteiger partial charge in [0.2, 0.25) is 0 Å². The third-order valence-electron chi connectivity index (χ3n) is 3.24. The van der Waals surface area contributed by atoms with Crippen LogP contribution in [-0.4, -0.2) is 31.3 Å². The van der Waals surface area contributed by atoms with Gasteiger partial charge >= 0.3 is 0 Å². The predicted octanol–water partition coefficient (Wildman–Crippen LogP) is 2.72. The Labute approximate surface area is 108 Å². The van der Waals surface area contributed by atoms with E-state index in [1.54, 1.807) is 0 Å². The zero-order chi connectivity index (χ0) is 12.8. The van der Waals surface area contributed by atoms with Crippen molar-refractivity contribution in [2.45, 2.75) is 25.7 Å². The van der Waals surface area contributed by atoms with Gasteiger partial charge in [-0.3, -0.25) is 10.2 Å². The number of likely N-dealkylation sites (N-methyl/N-ethyl adjacent to an activating group) is 1. The van der Waals surface area contributed by atoms with Gasteiger partial charge in [0.15, 0.2) is 6.30 Å². The molecule has 1 unspecified atom stereocenters. The standard InChI is InChI=1S/C15H21FN2/c1-18(12-14-5-3-2-4-6-14)10-8-13-7-9-17-15(16)11-13/h2-6,8,15,17H,7,9-12H2,1H3/b13-8+. The minimum atomic E-state index is -0.857. The molecule has 0 aliphatic carbocycles. The van der Waals surface area contributed by atoms with Gasteiger partial charge in [-0.2, -0.15) is 0 Å². The monoisotopic (exact) mass is 248 g/mol. The summed E-state index contributed by atoms with van der Waals surface area (Å²) in [7, 11) is 2.10. The van der Waals surface area contributed by atoms with Crippen LogP contribution in [0.5, 0.6) is 0 Å². The van der Waals surface area contributed by atoms with Gasteiger partial charge in [0.1, 0.15) is 0 Å². The minimum Gasteiger partial charge on any atom is -0.298 e. The van der Waals surface area contributed by atoms with Crippen LogP contribution in [0.3, 0.4) is 0 Å². The average molecular weight is 248 g/mol. The van der Waals surface area contributed by atoms with E-state index in [4.69, 9.17) is 0 Å². The van der Waals surface area contributed by atoms with Crippen molar-refractivity contribution >= 4 is 0 Å². The Hall–Kier alpha value is -1.19. The fourth-order valence-corrected chi connectivity index (χ4v) is 2.22. The molecular weight excluding hydrogens is 227 g/mol. The molecule has 2 nitrogen and oxygen atoms in total. The van der Waals surface area contributed by atoms with E-state index in [-0.39, 0.29) is 0 Å². The lowest BCUT2D eigenvalue weighted by atomic mass is 10.0. The van der Waals surface area contributed by atoms with Crippen molar-refractivity contribution in [1.29, 1.82) is 0 Å². The van der Waals surface area contributed by atoms with E-state index in [1.165, 1.54) is 11.1 Å². The second-order valence-corrected chi connectivity index (χ2v) is 4.92. The molecule has 1 fully saturated rings. The summed E-state index contributed by atoms with van der Waals surface area (Å²) in [4.78, 5) is 2.25. The van der Waals surface area contributed by atoms with Crippen LogP contribution >= 0.6 is 0 Å². The van der Waals surface area contributed by atoms with E-state index < -0.39 is 6.30 Å². The molecule has 1 N–H and O–H groups in total. The molecule has 1 aliphatic rings. The van der Waals surface area contributed by atoms with Crippen LogP contribution in [0.15, 0.2) is 42.0 Å². The number of nitrogens with one attached hydrogen (secondary N) is 1. The smallest absolute Gasteiger partial charge is 0.154 e. The molecule has 0 radical (unpaired) electrons. The maximum absolute atomic E-state index is 13.1. The van der Waals surface area contributed by atoms with Crippen LogP contribution in [0.25, 0.3) is 0 Å². The number of nitrogens with zero attached hydrogens (tertiary/aromatic N) is 1. The van der Waals surface area contributed by atoms with Crippen LogP contribution < -0.4 is 5.32 Å². The maximum atomic E-state index is 13.1. The number of hydrogen-bond acceptors (Lipinski definition) is 2. The molecule has 1 aromatic carbocycles. The van der Waals surface area contributed by atoms with E-state index in [2.05, 4.69) is 47.6 Å². The lowest BCUT2D eigenvalue weighted by Crippen LogP contribution is -2.31. The summed E-state index contributed by atoms with van der Waals surface area (Å²) in [5, 5.41) is 2.82. The topological polar surface area (TPSA) is 15.3 Å². The quantitative estimate of drug-likeness (QED) is 0.651. The van der Waals surface area contributed by atoms with Gasteiger partial charge < -0.3 is 0 Å². The average Bonchev–Trinajstić information content (AvgIpc) is 2.38. The molecule has 18 heavy (non-hydrogen) atoms. The highest BCUT2D eigenvalue weighted by Crippen LogP contribution is 2.15. The molecule has 98 valence electrons. The van der Waals surface area contributed by atoms with Crippen LogP contribution in [0.1, 0.15) is 18.4 Å². The van der Waals surface area contributed by atoms with E-state index in [9.17, 15) is 4.39 Å². The SMILES string of the molecule is CN(C/C=C1\CCNC(F)C1)Cc1ccccc1. The maximum Gasteiger partial charge on any atom is 0.154 e. The zero-order valence-electron chi connectivity index (χ0n) is 10.9. The van der Waals surface area contributed by atoms with Crippen molar-refractivity contribution in [3.05, 3.63) is 47.5 Å². The molecular formula is C15H21FN2. The second kappa shape index (κ2) is 6.66. The third-order valence-corrected chi connectivity index (χ3v) is 3.24. The largest absolute Gasteiger partial charge is 0.298 e. The van der Waals surface area contributed by atoms with Gasteiger partial charge in [0, 0.05) is 26.1 Å². The summed E-state index contributed by atoms with van der Waals surface area (Å²) in [6.07, 6.45) is 2.83. The predicted molar refractivity (Wildman–Crippen MR) is 73.0 cm³/mol. The molecule has 1 aliphatic heterocycles. The number of piperidine rings is 1. The first-order valence-corrected chi connectivity index (χ1v) is 6.52. The molecule has 1 heterocycles. The highest BCUT2D eigenvalue weighted by molar-refractivity contribution is 5.14. The molecule has 2 rings (SSSR count). The molecule has 0 aromatic heterocycles. The second-order valence-electron chi connectivity index (χ2n) is 4.92.